The van der Waals surface area contributed by atoms with Crippen LogP contribution in [-0.2, 0) is 21.2 Å². The maximum absolute atomic E-state index is 11.6. The average molecular weight is 259 g/mol. The highest BCUT2D eigenvalue weighted by Crippen LogP contribution is 2.11. The maximum atomic E-state index is 11.6. The number of hydrogen-bond acceptors (Lipinski definition) is 6. The van der Waals surface area contributed by atoms with Crippen LogP contribution in [0.25, 0.3) is 0 Å². The zero-order chi connectivity index (χ0) is 12.5. The van der Waals surface area contributed by atoms with E-state index in [9.17, 15) is 13.2 Å². The smallest absolute Gasteiger partial charge is 0.242 e. The van der Waals surface area contributed by atoms with Crippen LogP contribution in [0.15, 0.2) is 6.33 Å². The molecule has 1 fully saturated rings. The Morgan fingerprint density at radius 3 is 2.94 bits per heavy atom. The summed E-state index contributed by atoms with van der Waals surface area (Å²) in [5, 5.41) is 6.40. The Balaban J connectivity index is 1.86. The minimum absolute atomic E-state index is 0.0121. The lowest BCUT2D eigenvalue weighted by atomic mass is 10.2. The molecule has 2 heterocycles. The van der Waals surface area contributed by atoms with Crippen molar-refractivity contribution in [2.75, 3.05) is 17.2 Å². The molecule has 0 spiro atoms. The molecule has 1 aromatic rings. The van der Waals surface area contributed by atoms with Crippen molar-refractivity contribution >= 4 is 21.7 Å². The Labute approximate surface area is 98.1 Å². The molecule has 8 nitrogen and oxygen atoms in total. The first-order valence-electron chi connectivity index (χ1n) is 5.09. The van der Waals surface area contributed by atoms with E-state index in [1.165, 1.54) is 11.0 Å². The van der Waals surface area contributed by atoms with Crippen LogP contribution in [0.3, 0.4) is 0 Å². The standard InChI is InChI=1S/C8H13N5O3S/c9-8-10-5-13(12-8)3-7(14)11-6-1-2-17(15,16)4-6/h5-6H,1-4H2,(H2,9,12)(H,11,14). The lowest BCUT2D eigenvalue weighted by molar-refractivity contribution is -0.122. The molecule has 17 heavy (non-hydrogen) atoms. The highest BCUT2D eigenvalue weighted by Gasteiger charge is 2.28. The number of hydrogen-bond donors (Lipinski definition) is 2. The molecular weight excluding hydrogens is 246 g/mol. The van der Waals surface area contributed by atoms with Gasteiger partial charge in [0.2, 0.25) is 11.9 Å². The number of anilines is 1. The third kappa shape index (κ3) is 3.16. The predicted molar refractivity (Wildman–Crippen MR) is 59.6 cm³/mol. The Hall–Kier alpha value is -1.64. The van der Waals surface area contributed by atoms with Crippen molar-refractivity contribution in [1.29, 1.82) is 0 Å². The Bertz CT molecular complexity index is 523. The van der Waals surface area contributed by atoms with Gasteiger partial charge >= 0.3 is 0 Å². The van der Waals surface area contributed by atoms with Gasteiger partial charge in [-0.3, -0.25) is 4.79 Å². The van der Waals surface area contributed by atoms with Crippen LogP contribution in [0.4, 0.5) is 5.95 Å². The fraction of sp³-hybridized carbons (Fsp3) is 0.625. The summed E-state index contributed by atoms with van der Waals surface area (Å²) in [5.41, 5.74) is 5.30. The molecule has 1 amide bonds. The van der Waals surface area contributed by atoms with E-state index in [1.807, 2.05) is 0 Å². The summed E-state index contributed by atoms with van der Waals surface area (Å²) in [6.45, 7) is -0.0131. The van der Waals surface area contributed by atoms with E-state index in [1.54, 1.807) is 0 Å². The first-order chi connectivity index (χ1) is 7.94. The van der Waals surface area contributed by atoms with E-state index < -0.39 is 9.84 Å². The Morgan fingerprint density at radius 2 is 2.41 bits per heavy atom. The third-order valence-electron chi connectivity index (χ3n) is 2.46. The quantitative estimate of drug-likeness (QED) is 0.658. The summed E-state index contributed by atoms with van der Waals surface area (Å²) in [6.07, 6.45) is 1.81. The molecule has 1 aliphatic rings. The van der Waals surface area contributed by atoms with E-state index in [4.69, 9.17) is 5.73 Å². The molecule has 0 saturated carbocycles. The number of nitrogens with zero attached hydrogens (tertiary/aromatic N) is 3. The molecule has 3 N–H and O–H groups in total. The molecule has 2 rings (SSSR count). The van der Waals surface area contributed by atoms with Crippen LogP contribution >= 0.6 is 0 Å². The minimum atomic E-state index is -2.98. The number of nitrogens with two attached hydrogens (primary N) is 1. The number of nitrogen functional groups attached to an aromatic ring is 1. The van der Waals surface area contributed by atoms with Crippen LogP contribution < -0.4 is 11.1 Å². The molecule has 9 heteroatoms. The molecule has 0 radical (unpaired) electrons. The van der Waals surface area contributed by atoms with Crippen LogP contribution in [-0.4, -0.2) is 46.6 Å². The number of amides is 1. The van der Waals surface area contributed by atoms with Crippen molar-refractivity contribution in [3.63, 3.8) is 0 Å². The van der Waals surface area contributed by atoms with Crippen LogP contribution in [0.5, 0.6) is 0 Å². The summed E-state index contributed by atoms with van der Waals surface area (Å²) >= 11 is 0. The number of carbonyl (C=O) groups is 1. The Morgan fingerprint density at radius 1 is 1.65 bits per heavy atom. The molecular formula is C8H13N5O3S. The number of aromatic nitrogens is 3. The van der Waals surface area contributed by atoms with E-state index in [0.717, 1.165) is 0 Å². The topological polar surface area (TPSA) is 120 Å². The number of nitrogens with one attached hydrogen (secondary N) is 1. The summed E-state index contributed by atoms with van der Waals surface area (Å²) in [7, 11) is -2.98. The lowest BCUT2D eigenvalue weighted by Crippen LogP contribution is -2.37. The van der Waals surface area contributed by atoms with E-state index in [0.29, 0.717) is 6.42 Å². The summed E-state index contributed by atoms with van der Waals surface area (Å²) in [5.74, 6) is -0.0508. The van der Waals surface area contributed by atoms with Crippen LogP contribution in [0, 0.1) is 0 Å². The largest absolute Gasteiger partial charge is 0.367 e. The van der Waals surface area contributed by atoms with E-state index in [2.05, 4.69) is 15.4 Å². The zero-order valence-corrected chi connectivity index (χ0v) is 9.85. The minimum Gasteiger partial charge on any atom is -0.367 e. The van der Waals surface area contributed by atoms with E-state index >= 15 is 0 Å². The molecule has 94 valence electrons. The van der Waals surface area contributed by atoms with Gasteiger partial charge in [-0.15, -0.1) is 5.10 Å². The van der Waals surface area contributed by atoms with Crippen molar-refractivity contribution in [2.45, 2.75) is 19.0 Å². The second kappa shape index (κ2) is 4.32. The summed E-state index contributed by atoms with van der Waals surface area (Å²) < 4.78 is 23.7. The highest BCUT2D eigenvalue weighted by atomic mass is 32.2. The van der Waals surface area contributed by atoms with Crippen molar-refractivity contribution in [2.24, 2.45) is 0 Å². The molecule has 0 aliphatic carbocycles. The molecule has 1 saturated heterocycles. The average Bonchev–Trinajstić information content (AvgIpc) is 2.73. The van der Waals surface area contributed by atoms with Gasteiger partial charge in [0, 0.05) is 6.04 Å². The SMILES string of the molecule is Nc1ncn(CC(=O)NC2CCS(=O)(=O)C2)n1. The van der Waals surface area contributed by atoms with Gasteiger partial charge in [0.1, 0.15) is 12.9 Å². The maximum Gasteiger partial charge on any atom is 0.242 e. The van der Waals surface area contributed by atoms with Gasteiger partial charge in [0.05, 0.1) is 11.5 Å². The molecule has 0 aromatic carbocycles. The molecule has 0 bridgehead atoms. The van der Waals surface area contributed by atoms with Gasteiger partial charge in [0.25, 0.3) is 0 Å². The monoisotopic (exact) mass is 259 g/mol. The van der Waals surface area contributed by atoms with Gasteiger partial charge in [-0.05, 0) is 6.42 Å². The predicted octanol–water partition coefficient (Wildman–Crippen LogP) is -1.84. The molecule has 1 atom stereocenters. The van der Waals surface area contributed by atoms with Crippen LogP contribution in [0.1, 0.15) is 6.42 Å². The Kier molecular flexibility index (Phi) is 3.01. The second-order valence-corrected chi connectivity index (χ2v) is 6.20. The third-order valence-corrected chi connectivity index (χ3v) is 4.23. The number of carbonyl (C=O) groups excluding carboxylic acids is 1. The fourth-order valence-electron chi connectivity index (χ4n) is 1.71. The number of sulfone groups is 1. The normalized spacial score (nSPS) is 22.5. The van der Waals surface area contributed by atoms with Gasteiger partial charge in [-0.2, -0.15) is 0 Å². The fourth-order valence-corrected chi connectivity index (χ4v) is 3.39. The van der Waals surface area contributed by atoms with Crippen molar-refractivity contribution < 1.29 is 13.2 Å². The molecule has 1 aliphatic heterocycles. The molecule has 1 unspecified atom stereocenters. The van der Waals surface area contributed by atoms with Crippen molar-refractivity contribution in [3.8, 4) is 0 Å². The highest BCUT2D eigenvalue weighted by molar-refractivity contribution is 7.91. The zero-order valence-electron chi connectivity index (χ0n) is 9.04. The second-order valence-electron chi connectivity index (χ2n) is 3.97. The first kappa shape index (κ1) is 11.8. The van der Waals surface area contributed by atoms with Gasteiger partial charge in [-0.25, -0.2) is 18.1 Å². The summed E-state index contributed by atoms with van der Waals surface area (Å²) in [4.78, 5) is 15.2. The van der Waals surface area contributed by atoms with Crippen molar-refractivity contribution in [3.05, 3.63) is 6.33 Å². The van der Waals surface area contributed by atoms with Gasteiger partial charge < -0.3 is 11.1 Å². The first-order valence-corrected chi connectivity index (χ1v) is 6.91. The molecule has 1 aromatic heterocycles. The van der Waals surface area contributed by atoms with Gasteiger partial charge in [0.15, 0.2) is 9.84 Å². The number of rotatable bonds is 3. The van der Waals surface area contributed by atoms with Crippen molar-refractivity contribution in [1.82, 2.24) is 20.1 Å². The van der Waals surface area contributed by atoms with Gasteiger partial charge in [-0.1, -0.05) is 0 Å². The van der Waals surface area contributed by atoms with Crippen LogP contribution in [0.2, 0.25) is 0 Å². The summed E-state index contributed by atoms with van der Waals surface area (Å²) in [6, 6.07) is -0.298. The lowest BCUT2D eigenvalue weighted by Gasteiger charge is -2.10. The van der Waals surface area contributed by atoms with E-state index in [-0.39, 0.29) is 35.9 Å².